The van der Waals surface area contributed by atoms with Crippen molar-refractivity contribution in [3.05, 3.63) is 58.1 Å². The van der Waals surface area contributed by atoms with Gasteiger partial charge in [0.15, 0.2) is 18.7 Å². The molecule has 2 rings (SSSR count). The molecule has 0 bridgehead atoms. The van der Waals surface area contributed by atoms with Gasteiger partial charge in [0.25, 0.3) is 5.91 Å². The number of carbonyl (C=O) groups is 3. The van der Waals surface area contributed by atoms with Gasteiger partial charge in [-0.1, -0.05) is 15.9 Å². The number of carbonyl (C=O) groups excluding carboxylic acids is 3. The van der Waals surface area contributed by atoms with Crippen molar-refractivity contribution in [3.63, 3.8) is 0 Å². The number of aldehydes is 1. The lowest BCUT2D eigenvalue weighted by molar-refractivity contribution is -0.118. The first-order chi connectivity index (χ1) is 11.0. The van der Waals surface area contributed by atoms with Gasteiger partial charge in [0.2, 0.25) is 0 Å². The van der Waals surface area contributed by atoms with Crippen LogP contribution in [0.4, 0.5) is 5.69 Å². The van der Waals surface area contributed by atoms with E-state index in [-0.39, 0.29) is 18.3 Å². The van der Waals surface area contributed by atoms with E-state index in [4.69, 9.17) is 4.74 Å². The van der Waals surface area contributed by atoms with Crippen molar-refractivity contribution < 1.29 is 19.1 Å². The third kappa shape index (κ3) is 4.75. The molecule has 0 atom stereocenters. The van der Waals surface area contributed by atoms with E-state index < -0.39 is 0 Å². The Hall–Kier alpha value is -2.47. The van der Waals surface area contributed by atoms with E-state index in [9.17, 15) is 14.4 Å². The number of halogens is 1. The molecule has 0 saturated carbocycles. The molecule has 1 amide bonds. The second kappa shape index (κ2) is 7.69. The van der Waals surface area contributed by atoms with Crippen LogP contribution in [0.2, 0.25) is 0 Å². The lowest BCUT2D eigenvalue weighted by Crippen LogP contribution is -2.20. The Kier molecular flexibility index (Phi) is 5.65. The molecule has 6 heteroatoms. The third-order valence-electron chi connectivity index (χ3n) is 3.03. The smallest absolute Gasteiger partial charge is 0.262 e. The Labute approximate surface area is 141 Å². The fourth-order valence-electron chi connectivity index (χ4n) is 1.87. The first-order valence-electron chi connectivity index (χ1n) is 6.78. The van der Waals surface area contributed by atoms with Gasteiger partial charge >= 0.3 is 0 Å². The molecule has 0 aliphatic heterocycles. The Bertz CT molecular complexity index is 741. The molecule has 0 spiro atoms. The lowest BCUT2D eigenvalue weighted by Gasteiger charge is -2.09. The van der Waals surface area contributed by atoms with Crippen molar-refractivity contribution in [3.8, 4) is 5.75 Å². The normalized spacial score (nSPS) is 10.0. The molecule has 0 fully saturated rings. The molecule has 0 aliphatic rings. The van der Waals surface area contributed by atoms with E-state index in [0.717, 1.165) is 4.47 Å². The molecule has 2 aromatic rings. The van der Waals surface area contributed by atoms with Gasteiger partial charge in [-0.15, -0.1) is 0 Å². The summed E-state index contributed by atoms with van der Waals surface area (Å²) in [5.74, 6) is -0.0616. The van der Waals surface area contributed by atoms with Gasteiger partial charge in [0.05, 0.1) is 5.56 Å². The van der Waals surface area contributed by atoms with Crippen LogP contribution in [-0.4, -0.2) is 24.6 Å². The summed E-state index contributed by atoms with van der Waals surface area (Å²) < 4.78 is 6.11. The van der Waals surface area contributed by atoms with Gasteiger partial charge in [0.1, 0.15) is 5.75 Å². The Morgan fingerprint density at radius 3 is 2.48 bits per heavy atom. The average Bonchev–Trinajstić information content (AvgIpc) is 2.54. The van der Waals surface area contributed by atoms with Gasteiger partial charge in [0, 0.05) is 15.7 Å². The molecule has 0 aromatic heterocycles. The number of rotatable bonds is 6. The van der Waals surface area contributed by atoms with Crippen LogP contribution in [0.5, 0.6) is 5.75 Å². The number of anilines is 1. The van der Waals surface area contributed by atoms with E-state index in [0.29, 0.717) is 28.8 Å². The fourth-order valence-corrected chi connectivity index (χ4v) is 2.25. The van der Waals surface area contributed by atoms with Crippen LogP contribution in [0.25, 0.3) is 0 Å². The van der Waals surface area contributed by atoms with Gasteiger partial charge in [-0.25, -0.2) is 0 Å². The van der Waals surface area contributed by atoms with E-state index in [1.807, 2.05) is 0 Å². The van der Waals surface area contributed by atoms with Gasteiger partial charge in [-0.05, 0) is 49.4 Å². The second-order valence-electron chi connectivity index (χ2n) is 4.77. The lowest BCUT2D eigenvalue weighted by atomic mass is 10.1. The monoisotopic (exact) mass is 375 g/mol. The van der Waals surface area contributed by atoms with Crippen molar-refractivity contribution in [1.82, 2.24) is 0 Å². The first-order valence-corrected chi connectivity index (χ1v) is 7.57. The minimum Gasteiger partial charge on any atom is -0.483 e. The van der Waals surface area contributed by atoms with Crippen LogP contribution in [0.1, 0.15) is 27.6 Å². The Balaban J connectivity index is 1.95. The predicted octanol–water partition coefficient (Wildman–Crippen LogP) is 3.48. The standard InChI is InChI=1S/C17H14BrNO4/c1-11(21)12-2-5-15(6-3-12)19-17(22)10-23-16-7-4-14(18)8-13(16)9-20/h2-9H,10H2,1H3,(H,19,22). The summed E-state index contributed by atoms with van der Waals surface area (Å²) in [5, 5.41) is 2.65. The average molecular weight is 376 g/mol. The topological polar surface area (TPSA) is 72.5 Å². The molecule has 2 aromatic carbocycles. The van der Waals surface area contributed by atoms with Gasteiger partial charge in [-0.2, -0.15) is 0 Å². The number of amides is 1. The molecule has 0 heterocycles. The Morgan fingerprint density at radius 2 is 1.87 bits per heavy atom. The van der Waals surface area contributed by atoms with Crippen LogP contribution in [-0.2, 0) is 4.79 Å². The van der Waals surface area contributed by atoms with Crippen molar-refractivity contribution in [2.75, 3.05) is 11.9 Å². The number of hydrogen-bond donors (Lipinski definition) is 1. The highest BCUT2D eigenvalue weighted by Crippen LogP contribution is 2.21. The van der Waals surface area contributed by atoms with E-state index in [2.05, 4.69) is 21.2 Å². The third-order valence-corrected chi connectivity index (χ3v) is 3.53. The summed E-state index contributed by atoms with van der Waals surface area (Å²) in [6.45, 7) is 1.25. The maximum Gasteiger partial charge on any atom is 0.262 e. The maximum absolute atomic E-state index is 11.9. The number of nitrogens with one attached hydrogen (secondary N) is 1. The molecule has 0 radical (unpaired) electrons. The summed E-state index contributed by atoms with van der Waals surface area (Å²) in [6.07, 6.45) is 0.665. The number of ketones is 1. The number of ether oxygens (including phenoxy) is 1. The molecular weight excluding hydrogens is 362 g/mol. The minimum absolute atomic E-state index is 0.0390. The molecule has 23 heavy (non-hydrogen) atoms. The summed E-state index contributed by atoms with van der Waals surface area (Å²) >= 11 is 3.26. The summed E-state index contributed by atoms with van der Waals surface area (Å²) in [4.78, 5) is 34.0. The number of benzene rings is 2. The van der Waals surface area contributed by atoms with Crippen LogP contribution < -0.4 is 10.1 Å². The van der Waals surface area contributed by atoms with Crippen LogP contribution in [0.3, 0.4) is 0 Å². The molecule has 0 unspecified atom stereocenters. The SMILES string of the molecule is CC(=O)c1ccc(NC(=O)COc2ccc(Br)cc2C=O)cc1. The first kappa shape index (κ1) is 16.9. The molecule has 1 N–H and O–H groups in total. The highest BCUT2D eigenvalue weighted by molar-refractivity contribution is 9.10. The van der Waals surface area contributed by atoms with E-state index >= 15 is 0 Å². The number of Topliss-reactive ketones (excluding diaryl/α,β-unsaturated/α-hetero) is 1. The fraction of sp³-hybridized carbons (Fsp3) is 0.118. The van der Waals surface area contributed by atoms with Crippen molar-refractivity contribution >= 4 is 39.6 Å². The zero-order valence-electron chi connectivity index (χ0n) is 12.3. The minimum atomic E-state index is -0.361. The van der Waals surface area contributed by atoms with Gasteiger partial charge < -0.3 is 10.1 Å². The molecule has 0 aliphatic carbocycles. The molecule has 5 nitrogen and oxygen atoms in total. The zero-order valence-corrected chi connectivity index (χ0v) is 13.9. The van der Waals surface area contributed by atoms with Crippen LogP contribution in [0.15, 0.2) is 46.9 Å². The molecule has 118 valence electrons. The summed E-state index contributed by atoms with van der Waals surface area (Å²) in [6, 6.07) is 11.5. The van der Waals surface area contributed by atoms with E-state index in [1.54, 1.807) is 42.5 Å². The van der Waals surface area contributed by atoms with Crippen molar-refractivity contribution in [2.24, 2.45) is 0 Å². The zero-order chi connectivity index (χ0) is 16.8. The number of hydrogen-bond acceptors (Lipinski definition) is 4. The second-order valence-corrected chi connectivity index (χ2v) is 5.69. The largest absolute Gasteiger partial charge is 0.483 e. The predicted molar refractivity (Wildman–Crippen MR) is 90.1 cm³/mol. The highest BCUT2D eigenvalue weighted by atomic mass is 79.9. The van der Waals surface area contributed by atoms with E-state index in [1.165, 1.54) is 6.92 Å². The quantitative estimate of drug-likeness (QED) is 0.619. The summed E-state index contributed by atoms with van der Waals surface area (Å²) in [5.41, 5.74) is 1.50. The maximum atomic E-state index is 11.9. The van der Waals surface area contributed by atoms with Gasteiger partial charge in [-0.3, -0.25) is 14.4 Å². The highest BCUT2D eigenvalue weighted by Gasteiger charge is 2.08. The van der Waals surface area contributed by atoms with Crippen LogP contribution in [0, 0.1) is 0 Å². The molecular formula is C17H14BrNO4. The summed E-state index contributed by atoms with van der Waals surface area (Å²) in [7, 11) is 0. The van der Waals surface area contributed by atoms with Crippen LogP contribution >= 0.6 is 15.9 Å². The van der Waals surface area contributed by atoms with Crippen molar-refractivity contribution in [1.29, 1.82) is 0 Å². The molecule has 0 saturated heterocycles. The van der Waals surface area contributed by atoms with Crippen molar-refractivity contribution in [2.45, 2.75) is 6.92 Å². The Morgan fingerprint density at radius 1 is 1.17 bits per heavy atom.